The number of carboxylic acids is 1. The molecule has 1 unspecified atom stereocenters. The number of phenolic OH excluding ortho intramolecular Hbond substituents is 1. The molecular formula is C30H25NO5. The Labute approximate surface area is 207 Å². The zero-order valence-electron chi connectivity index (χ0n) is 19.6. The van der Waals surface area contributed by atoms with Crippen LogP contribution in [0.1, 0.15) is 53.2 Å². The van der Waals surface area contributed by atoms with Crippen LogP contribution in [-0.2, 0) is 4.79 Å². The Morgan fingerprint density at radius 1 is 0.944 bits per heavy atom. The maximum Gasteiger partial charge on any atom is 0.336 e. The summed E-state index contributed by atoms with van der Waals surface area (Å²) in [6.07, 6.45) is 5.04. The van der Waals surface area contributed by atoms with Crippen molar-refractivity contribution in [1.82, 2.24) is 0 Å². The van der Waals surface area contributed by atoms with Gasteiger partial charge in [-0.25, -0.2) is 4.79 Å². The number of nitrogens with zero attached hydrogens (tertiary/aromatic N) is 1. The van der Waals surface area contributed by atoms with Crippen LogP contribution in [0, 0.1) is 0 Å². The van der Waals surface area contributed by atoms with Crippen molar-refractivity contribution in [2.75, 3.05) is 18.0 Å². The fraction of sp³-hybridized carbons (Fsp3) is 0.200. The third kappa shape index (κ3) is 3.66. The van der Waals surface area contributed by atoms with E-state index < -0.39 is 11.9 Å². The molecule has 0 saturated carbocycles. The first-order chi connectivity index (χ1) is 17.5. The number of aromatic hydroxyl groups is 1. The molecular weight excluding hydrogens is 454 g/mol. The van der Waals surface area contributed by atoms with Crippen molar-refractivity contribution in [3.05, 3.63) is 105 Å². The van der Waals surface area contributed by atoms with Crippen LogP contribution in [0.25, 0.3) is 22.6 Å². The fourth-order valence-corrected chi connectivity index (χ4v) is 5.46. The number of rotatable bonds is 3. The minimum atomic E-state index is -1.11. The summed E-state index contributed by atoms with van der Waals surface area (Å²) in [5.41, 5.74) is 3.54. The standard InChI is InChI=1S/C30H25NO5/c32-20-12-13-23-26(16-20)36-29-25(28(23)33)17-24(30(34)35)21-6-2-3-7-22(21)27(29)18-8-10-19(11-9-18)31-14-4-1-5-15-31/h2-3,6-13,16-17,27,32H,1,4-5,14-15H2,(H,34,35). The van der Waals surface area contributed by atoms with E-state index in [9.17, 15) is 19.8 Å². The molecule has 1 fully saturated rings. The molecule has 1 aliphatic carbocycles. The van der Waals surface area contributed by atoms with Crippen molar-refractivity contribution in [2.45, 2.75) is 25.2 Å². The largest absolute Gasteiger partial charge is 0.508 e. The normalized spacial score (nSPS) is 17.2. The van der Waals surface area contributed by atoms with E-state index in [0.29, 0.717) is 11.3 Å². The number of benzene rings is 3. The first-order valence-corrected chi connectivity index (χ1v) is 12.2. The van der Waals surface area contributed by atoms with Crippen LogP contribution in [0.15, 0.2) is 75.9 Å². The number of carboxylic acid groups (broad SMARTS) is 1. The Morgan fingerprint density at radius 2 is 1.69 bits per heavy atom. The van der Waals surface area contributed by atoms with Crippen molar-refractivity contribution >= 4 is 34.3 Å². The molecule has 6 rings (SSSR count). The highest BCUT2D eigenvalue weighted by Crippen LogP contribution is 2.42. The molecule has 0 radical (unpaired) electrons. The van der Waals surface area contributed by atoms with E-state index in [1.165, 1.54) is 43.5 Å². The number of hydrogen-bond acceptors (Lipinski definition) is 5. The molecule has 1 aromatic heterocycles. The summed E-state index contributed by atoms with van der Waals surface area (Å²) in [6, 6.07) is 19.9. The molecule has 1 aliphatic heterocycles. The molecule has 180 valence electrons. The van der Waals surface area contributed by atoms with Crippen molar-refractivity contribution < 1.29 is 19.4 Å². The van der Waals surface area contributed by atoms with Gasteiger partial charge in [-0.05, 0) is 66.3 Å². The average molecular weight is 480 g/mol. The van der Waals surface area contributed by atoms with Gasteiger partial charge in [0.25, 0.3) is 0 Å². The molecule has 2 aliphatic rings. The Hall–Kier alpha value is -4.32. The first-order valence-electron chi connectivity index (χ1n) is 12.2. The lowest BCUT2D eigenvalue weighted by Crippen LogP contribution is -2.29. The van der Waals surface area contributed by atoms with Gasteiger partial charge in [-0.2, -0.15) is 0 Å². The van der Waals surface area contributed by atoms with Gasteiger partial charge in [0.15, 0.2) is 5.43 Å². The predicted molar refractivity (Wildman–Crippen MR) is 140 cm³/mol. The molecule has 0 spiro atoms. The van der Waals surface area contributed by atoms with Crippen LogP contribution in [0.4, 0.5) is 5.69 Å². The van der Waals surface area contributed by atoms with Crippen LogP contribution < -0.4 is 10.3 Å². The average Bonchev–Trinajstić information content (AvgIpc) is 3.04. The lowest BCUT2D eigenvalue weighted by atomic mass is 9.85. The molecule has 0 amide bonds. The number of aliphatic carboxylic acids is 1. The second kappa shape index (κ2) is 8.72. The van der Waals surface area contributed by atoms with E-state index in [-0.39, 0.29) is 33.3 Å². The predicted octanol–water partition coefficient (Wildman–Crippen LogP) is 5.61. The van der Waals surface area contributed by atoms with Gasteiger partial charge in [-0.1, -0.05) is 36.4 Å². The Kier molecular flexibility index (Phi) is 5.37. The van der Waals surface area contributed by atoms with Gasteiger partial charge >= 0.3 is 5.97 Å². The molecule has 2 N–H and O–H groups in total. The number of piperidine rings is 1. The van der Waals surface area contributed by atoms with Crippen LogP contribution in [0.3, 0.4) is 0 Å². The van der Waals surface area contributed by atoms with Gasteiger partial charge in [-0.3, -0.25) is 4.79 Å². The maximum absolute atomic E-state index is 13.6. The van der Waals surface area contributed by atoms with E-state index in [1.807, 2.05) is 24.3 Å². The van der Waals surface area contributed by atoms with Gasteiger partial charge in [-0.15, -0.1) is 0 Å². The van der Waals surface area contributed by atoms with E-state index in [2.05, 4.69) is 17.0 Å². The highest BCUT2D eigenvalue weighted by Gasteiger charge is 2.32. The van der Waals surface area contributed by atoms with Crippen molar-refractivity contribution in [1.29, 1.82) is 0 Å². The van der Waals surface area contributed by atoms with Crippen molar-refractivity contribution in [3.8, 4) is 5.75 Å². The molecule has 2 heterocycles. The topological polar surface area (TPSA) is 91.0 Å². The Balaban J connectivity index is 1.60. The molecule has 6 nitrogen and oxygen atoms in total. The second-order valence-corrected chi connectivity index (χ2v) is 9.41. The first kappa shape index (κ1) is 22.2. The van der Waals surface area contributed by atoms with Gasteiger partial charge in [0.1, 0.15) is 17.1 Å². The Morgan fingerprint density at radius 3 is 2.44 bits per heavy atom. The van der Waals surface area contributed by atoms with Crippen LogP contribution in [0.2, 0.25) is 0 Å². The summed E-state index contributed by atoms with van der Waals surface area (Å²) in [7, 11) is 0. The molecule has 0 bridgehead atoms. The highest BCUT2D eigenvalue weighted by atomic mass is 16.4. The molecule has 1 saturated heterocycles. The molecule has 6 heteroatoms. The SMILES string of the molecule is O=C(O)C1=Cc2c(oc3cc(O)ccc3c2=O)C(c2ccc(N3CCCCC3)cc2)c2ccccc21. The summed E-state index contributed by atoms with van der Waals surface area (Å²) in [5.74, 6) is -1.25. The molecule has 3 aromatic carbocycles. The summed E-state index contributed by atoms with van der Waals surface area (Å²) >= 11 is 0. The minimum absolute atomic E-state index is 0.0103. The summed E-state index contributed by atoms with van der Waals surface area (Å²) in [4.78, 5) is 28.3. The number of anilines is 1. The number of hydrogen-bond donors (Lipinski definition) is 2. The highest BCUT2D eigenvalue weighted by molar-refractivity contribution is 6.21. The smallest absolute Gasteiger partial charge is 0.336 e. The molecule has 1 atom stereocenters. The van der Waals surface area contributed by atoms with Gasteiger partial charge < -0.3 is 19.5 Å². The summed E-state index contributed by atoms with van der Waals surface area (Å²) < 4.78 is 6.32. The molecule has 36 heavy (non-hydrogen) atoms. The zero-order chi connectivity index (χ0) is 24.8. The van der Waals surface area contributed by atoms with Crippen LogP contribution in [-0.4, -0.2) is 29.3 Å². The number of fused-ring (bicyclic) bond motifs is 3. The minimum Gasteiger partial charge on any atom is -0.508 e. The van der Waals surface area contributed by atoms with E-state index in [4.69, 9.17) is 4.42 Å². The lowest BCUT2D eigenvalue weighted by Gasteiger charge is -2.29. The van der Waals surface area contributed by atoms with Crippen LogP contribution >= 0.6 is 0 Å². The second-order valence-electron chi connectivity index (χ2n) is 9.41. The summed E-state index contributed by atoms with van der Waals surface area (Å²) in [6.45, 7) is 2.06. The van der Waals surface area contributed by atoms with Crippen molar-refractivity contribution in [3.63, 3.8) is 0 Å². The van der Waals surface area contributed by atoms with Gasteiger partial charge in [0, 0.05) is 24.8 Å². The van der Waals surface area contributed by atoms with Gasteiger partial charge in [0.2, 0.25) is 0 Å². The third-order valence-corrected chi connectivity index (χ3v) is 7.23. The van der Waals surface area contributed by atoms with E-state index >= 15 is 0 Å². The quantitative estimate of drug-likeness (QED) is 0.397. The Bertz CT molecular complexity index is 1580. The lowest BCUT2D eigenvalue weighted by molar-refractivity contribution is -0.130. The fourth-order valence-electron chi connectivity index (χ4n) is 5.46. The van der Waals surface area contributed by atoms with E-state index in [0.717, 1.165) is 29.9 Å². The number of carbonyl (C=O) groups is 1. The van der Waals surface area contributed by atoms with Gasteiger partial charge in [0.05, 0.1) is 22.4 Å². The number of phenols is 1. The maximum atomic E-state index is 13.6. The zero-order valence-corrected chi connectivity index (χ0v) is 19.6. The van der Waals surface area contributed by atoms with Crippen LogP contribution in [0.5, 0.6) is 5.75 Å². The summed E-state index contributed by atoms with van der Waals surface area (Å²) in [5, 5.41) is 20.4. The molecule has 4 aromatic rings. The van der Waals surface area contributed by atoms with E-state index in [1.54, 1.807) is 12.1 Å². The van der Waals surface area contributed by atoms with Crippen molar-refractivity contribution in [2.24, 2.45) is 0 Å². The monoisotopic (exact) mass is 479 g/mol. The third-order valence-electron chi connectivity index (χ3n) is 7.23.